The van der Waals surface area contributed by atoms with Crippen LogP contribution in [0.25, 0.3) is 0 Å². The van der Waals surface area contributed by atoms with Crippen LogP contribution in [0.2, 0.25) is 5.02 Å². The molecule has 5 heteroatoms. The van der Waals surface area contributed by atoms with Gasteiger partial charge in [0.2, 0.25) is 0 Å². The van der Waals surface area contributed by atoms with Crippen molar-refractivity contribution in [3.8, 4) is 11.8 Å². The molecule has 0 saturated carbocycles. The number of nitrogens with two attached hydrogens (primary N) is 1. The lowest BCUT2D eigenvalue weighted by Crippen LogP contribution is -1.94. The van der Waals surface area contributed by atoms with Gasteiger partial charge < -0.3 is 10.8 Å². The average molecular weight is 211 g/mol. The third kappa shape index (κ3) is 2.96. The minimum absolute atomic E-state index is 0.232. The van der Waals surface area contributed by atoms with Gasteiger partial charge in [-0.2, -0.15) is 0 Å². The fourth-order valence-electron chi connectivity index (χ4n) is 0.763. The van der Waals surface area contributed by atoms with Crippen molar-refractivity contribution in [2.45, 2.75) is 6.42 Å². The van der Waals surface area contributed by atoms with Gasteiger partial charge in [0.1, 0.15) is 12.1 Å². The maximum atomic E-state index is 10.2. The van der Waals surface area contributed by atoms with Gasteiger partial charge in [0.15, 0.2) is 0 Å². The van der Waals surface area contributed by atoms with Gasteiger partial charge in [0.05, 0.1) is 10.7 Å². The van der Waals surface area contributed by atoms with E-state index in [1.165, 1.54) is 12.3 Å². The first-order valence-corrected chi connectivity index (χ1v) is 4.09. The largest absolute Gasteiger partial charge is 0.481 e. The zero-order chi connectivity index (χ0) is 10.6. The highest BCUT2D eigenvalue weighted by Crippen LogP contribution is 2.13. The van der Waals surface area contributed by atoms with Crippen LogP contribution in [0.4, 0.5) is 5.69 Å². The Morgan fingerprint density at radius 2 is 2.43 bits per heavy atom. The third-order valence-corrected chi connectivity index (χ3v) is 1.54. The minimum atomic E-state index is -0.981. The molecule has 4 nitrogen and oxygen atoms in total. The SMILES string of the molecule is Nc1cc(Cl)cnc1C#CCC(=O)O. The lowest BCUT2D eigenvalue weighted by atomic mass is 10.3. The van der Waals surface area contributed by atoms with E-state index >= 15 is 0 Å². The number of carboxylic acids is 1. The molecule has 0 aromatic carbocycles. The van der Waals surface area contributed by atoms with Gasteiger partial charge in [-0.1, -0.05) is 17.5 Å². The Bertz CT molecular complexity index is 421. The van der Waals surface area contributed by atoms with Crippen LogP contribution < -0.4 is 5.73 Å². The lowest BCUT2D eigenvalue weighted by molar-refractivity contribution is -0.135. The second kappa shape index (κ2) is 4.49. The van der Waals surface area contributed by atoms with E-state index in [9.17, 15) is 4.79 Å². The van der Waals surface area contributed by atoms with Crippen LogP contribution in [0, 0.1) is 11.8 Å². The van der Waals surface area contributed by atoms with Crippen molar-refractivity contribution in [1.29, 1.82) is 0 Å². The molecule has 0 aliphatic rings. The Morgan fingerprint density at radius 3 is 3.00 bits per heavy atom. The van der Waals surface area contributed by atoms with Crippen LogP contribution in [-0.4, -0.2) is 16.1 Å². The molecule has 3 N–H and O–H groups in total. The van der Waals surface area contributed by atoms with E-state index in [1.807, 2.05) is 0 Å². The molecule has 0 atom stereocenters. The molecule has 1 heterocycles. The van der Waals surface area contributed by atoms with Gasteiger partial charge in [-0.05, 0) is 12.0 Å². The van der Waals surface area contributed by atoms with E-state index < -0.39 is 5.97 Å². The highest BCUT2D eigenvalue weighted by atomic mass is 35.5. The predicted octanol–water partition coefficient (Wildman–Crippen LogP) is 1.14. The van der Waals surface area contributed by atoms with E-state index in [0.717, 1.165) is 0 Å². The Morgan fingerprint density at radius 1 is 1.71 bits per heavy atom. The summed E-state index contributed by atoms with van der Waals surface area (Å²) in [5.74, 6) is 3.99. The fourth-order valence-corrected chi connectivity index (χ4v) is 0.929. The quantitative estimate of drug-likeness (QED) is 0.682. The Labute approximate surface area is 85.7 Å². The minimum Gasteiger partial charge on any atom is -0.481 e. The van der Waals surface area contributed by atoms with Crippen molar-refractivity contribution in [2.75, 3.05) is 5.73 Å². The summed E-state index contributed by atoms with van der Waals surface area (Å²) in [6.07, 6.45) is 1.17. The molecule has 0 aliphatic carbocycles. The highest BCUT2D eigenvalue weighted by molar-refractivity contribution is 6.30. The van der Waals surface area contributed by atoms with Crippen molar-refractivity contribution in [3.05, 3.63) is 23.0 Å². The smallest absolute Gasteiger partial charge is 0.315 e. The zero-order valence-corrected chi connectivity index (χ0v) is 7.88. The molecule has 1 aromatic heterocycles. The number of aliphatic carboxylic acids is 1. The second-order valence-electron chi connectivity index (χ2n) is 2.46. The van der Waals surface area contributed by atoms with Gasteiger partial charge >= 0.3 is 5.97 Å². The average Bonchev–Trinajstić information content (AvgIpc) is 2.08. The number of nitrogen functional groups attached to an aromatic ring is 1. The molecule has 0 saturated heterocycles. The van der Waals surface area contributed by atoms with E-state index in [1.54, 1.807) is 0 Å². The Balaban J connectivity index is 2.85. The number of halogens is 1. The fraction of sp³-hybridized carbons (Fsp3) is 0.111. The Kier molecular flexibility index (Phi) is 3.32. The van der Waals surface area contributed by atoms with Crippen molar-refractivity contribution < 1.29 is 9.90 Å². The van der Waals surface area contributed by atoms with Crippen LogP contribution in [0.5, 0.6) is 0 Å². The van der Waals surface area contributed by atoms with Gasteiger partial charge in [0.25, 0.3) is 0 Å². The molecule has 0 fully saturated rings. The van der Waals surface area contributed by atoms with Crippen molar-refractivity contribution in [2.24, 2.45) is 0 Å². The number of carboxylic acid groups (broad SMARTS) is 1. The van der Waals surface area contributed by atoms with Crippen molar-refractivity contribution in [1.82, 2.24) is 4.98 Å². The normalized spacial score (nSPS) is 8.93. The summed E-state index contributed by atoms with van der Waals surface area (Å²) in [5, 5.41) is 8.75. The molecule has 0 amide bonds. The van der Waals surface area contributed by atoms with Gasteiger partial charge in [0, 0.05) is 6.20 Å². The zero-order valence-electron chi connectivity index (χ0n) is 7.12. The number of carbonyl (C=O) groups is 1. The number of pyridine rings is 1. The summed E-state index contributed by atoms with van der Waals surface area (Å²) in [7, 11) is 0. The maximum Gasteiger partial charge on any atom is 0.315 e. The topological polar surface area (TPSA) is 76.2 Å². The van der Waals surface area contributed by atoms with Gasteiger partial charge in [-0.3, -0.25) is 4.79 Å². The van der Waals surface area contributed by atoms with E-state index in [4.69, 9.17) is 22.4 Å². The molecular weight excluding hydrogens is 204 g/mol. The second-order valence-corrected chi connectivity index (χ2v) is 2.90. The number of aromatic nitrogens is 1. The summed E-state index contributed by atoms with van der Waals surface area (Å²) in [6.45, 7) is 0. The summed E-state index contributed by atoms with van der Waals surface area (Å²) < 4.78 is 0. The number of nitrogens with zero attached hydrogens (tertiary/aromatic N) is 1. The summed E-state index contributed by atoms with van der Waals surface area (Å²) in [5.41, 5.74) is 6.23. The third-order valence-electron chi connectivity index (χ3n) is 1.33. The standard InChI is InChI=1S/C9H7ClN2O2/c10-6-4-7(11)8(12-5-6)2-1-3-9(13)14/h4-5H,3,11H2,(H,13,14). The molecule has 1 rings (SSSR count). The molecule has 0 unspecified atom stereocenters. The van der Waals surface area contributed by atoms with Crippen molar-refractivity contribution >= 4 is 23.3 Å². The van der Waals surface area contributed by atoms with Crippen LogP contribution in [0.15, 0.2) is 12.3 Å². The van der Waals surface area contributed by atoms with Gasteiger partial charge in [-0.25, -0.2) is 4.98 Å². The number of hydrogen-bond acceptors (Lipinski definition) is 3. The van der Waals surface area contributed by atoms with E-state index in [0.29, 0.717) is 16.4 Å². The molecule has 72 valence electrons. The van der Waals surface area contributed by atoms with Crippen LogP contribution in [0.1, 0.15) is 12.1 Å². The van der Waals surface area contributed by atoms with E-state index in [-0.39, 0.29) is 6.42 Å². The maximum absolute atomic E-state index is 10.2. The monoisotopic (exact) mass is 210 g/mol. The van der Waals surface area contributed by atoms with Crippen LogP contribution >= 0.6 is 11.6 Å². The van der Waals surface area contributed by atoms with Gasteiger partial charge in [-0.15, -0.1) is 0 Å². The first-order valence-electron chi connectivity index (χ1n) is 3.71. The van der Waals surface area contributed by atoms with Crippen molar-refractivity contribution in [3.63, 3.8) is 0 Å². The summed E-state index contributed by atoms with van der Waals surface area (Å²) >= 11 is 5.62. The predicted molar refractivity (Wildman–Crippen MR) is 52.8 cm³/mol. The molecule has 0 aliphatic heterocycles. The van der Waals surface area contributed by atoms with Crippen LogP contribution in [-0.2, 0) is 4.79 Å². The number of hydrogen-bond donors (Lipinski definition) is 2. The van der Waals surface area contributed by atoms with E-state index in [2.05, 4.69) is 16.8 Å². The molecule has 1 aromatic rings. The summed E-state index contributed by atoms with van der Waals surface area (Å²) in [6, 6.07) is 1.51. The Hall–Kier alpha value is -1.73. The highest BCUT2D eigenvalue weighted by Gasteiger charge is 1.97. The molecule has 0 spiro atoms. The molecular formula is C9H7ClN2O2. The molecule has 14 heavy (non-hydrogen) atoms. The first kappa shape index (κ1) is 10.4. The lowest BCUT2D eigenvalue weighted by Gasteiger charge is -1.96. The number of anilines is 1. The number of rotatable bonds is 1. The molecule has 0 radical (unpaired) electrons. The van der Waals surface area contributed by atoms with Crippen LogP contribution in [0.3, 0.4) is 0 Å². The summed E-state index contributed by atoms with van der Waals surface area (Å²) in [4.78, 5) is 14.0. The first-order chi connectivity index (χ1) is 6.59. The molecule has 0 bridgehead atoms.